The molecule has 3 nitrogen and oxygen atoms in total. The Balaban J connectivity index is 2.47. The van der Waals surface area contributed by atoms with E-state index in [0.717, 1.165) is 0 Å². The molecule has 21 heavy (non-hydrogen) atoms. The highest BCUT2D eigenvalue weighted by Crippen LogP contribution is 2.41. The first kappa shape index (κ1) is 16.5. The second-order valence-electron chi connectivity index (χ2n) is 6.80. The normalized spacial score (nSPS) is 20.3. The molecule has 0 radical (unpaired) electrons. The smallest absolute Gasteiger partial charge is 0.0646 e. The lowest BCUT2D eigenvalue weighted by Crippen LogP contribution is -2.55. The summed E-state index contributed by atoms with van der Waals surface area (Å²) >= 11 is 0. The first-order valence-electron chi connectivity index (χ1n) is 8.22. The Morgan fingerprint density at radius 2 is 1.71 bits per heavy atom. The maximum absolute atomic E-state index is 6.05. The van der Waals surface area contributed by atoms with Gasteiger partial charge in [0.15, 0.2) is 0 Å². The van der Waals surface area contributed by atoms with Crippen molar-refractivity contribution in [1.82, 2.24) is 10.3 Å². The van der Waals surface area contributed by atoms with Crippen molar-refractivity contribution in [1.29, 1.82) is 0 Å². The van der Waals surface area contributed by atoms with E-state index in [4.69, 9.17) is 5.84 Å². The molecule has 118 valence electrons. The zero-order valence-corrected chi connectivity index (χ0v) is 14.1. The summed E-state index contributed by atoms with van der Waals surface area (Å²) in [6.07, 6.45) is 7.70. The van der Waals surface area contributed by atoms with E-state index in [9.17, 15) is 0 Å². The van der Waals surface area contributed by atoms with Gasteiger partial charge in [0.1, 0.15) is 0 Å². The Kier molecular flexibility index (Phi) is 5.42. The van der Waals surface area contributed by atoms with Crippen LogP contribution in [0, 0.1) is 13.8 Å². The summed E-state index contributed by atoms with van der Waals surface area (Å²) in [5.41, 5.74) is 7.34. The summed E-state index contributed by atoms with van der Waals surface area (Å²) in [4.78, 5) is 2.41. The standard InChI is InChI=1S/C18H31N3/c1-14-10-9-11-16(15(14)2)17(20-19)18(21(3)4)12-7-5-6-8-13-18/h9-11,17,20H,5-8,12-13,19H2,1-4H3. The van der Waals surface area contributed by atoms with Gasteiger partial charge in [-0.15, -0.1) is 0 Å². The van der Waals surface area contributed by atoms with Crippen molar-refractivity contribution in [2.75, 3.05) is 14.1 Å². The van der Waals surface area contributed by atoms with Gasteiger partial charge in [-0.1, -0.05) is 43.9 Å². The number of nitrogens with two attached hydrogens (primary N) is 1. The number of nitrogens with one attached hydrogen (secondary N) is 1. The van der Waals surface area contributed by atoms with Crippen LogP contribution in [0.3, 0.4) is 0 Å². The van der Waals surface area contributed by atoms with Crippen LogP contribution >= 0.6 is 0 Å². The Bertz CT molecular complexity index is 460. The minimum atomic E-state index is 0.115. The minimum absolute atomic E-state index is 0.115. The summed E-state index contributed by atoms with van der Waals surface area (Å²) in [6, 6.07) is 6.76. The van der Waals surface area contributed by atoms with E-state index < -0.39 is 0 Å². The van der Waals surface area contributed by atoms with Crippen LogP contribution < -0.4 is 11.3 Å². The molecule has 1 saturated carbocycles. The molecule has 1 unspecified atom stereocenters. The molecule has 1 aliphatic carbocycles. The number of hydrogen-bond acceptors (Lipinski definition) is 3. The average Bonchev–Trinajstić information content (AvgIpc) is 2.71. The first-order chi connectivity index (χ1) is 10.0. The second-order valence-corrected chi connectivity index (χ2v) is 6.80. The molecule has 0 heterocycles. The van der Waals surface area contributed by atoms with Crippen molar-refractivity contribution in [2.24, 2.45) is 5.84 Å². The molecule has 0 aromatic heterocycles. The van der Waals surface area contributed by atoms with Crippen LogP contribution in [0.5, 0.6) is 0 Å². The molecule has 2 rings (SSSR count). The fourth-order valence-corrected chi connectivity index (χ4v) is 3.96. The van der Waals surface area contributed by atoms with Crippen LogP contribution in [-0.4, -0.2) is 24.5 Å². The third-order valence-corrected chi connectivity index (χ3v) is 5.52. The van der Waals surface area contributed by atoms with Crippen molar-refractivity contribution in [3.63, 3.8) is 0 Å². The lowest BCUT2D eigenvalue weighted by atomic mass is 9.77. The van der Waals surface area contributed by atoms with Crippen LogP contribution in [0.15, 0.2) is 18.2 Å². The molecule has 3 N–H and O–H groups in total. The van der Waals surface area contributed by atoms with E-state index in [1.54, 1.807) is 0 Å². The van der Waals surface area contributed by atoms with Gasteiger partial charge in [0, 0.05) is 5.54 Å². The van der Waals surface area contributed by atoms with Gasteiger partial charge >= 0.3 is 0 Å². The second kappa shape index (κ2) is 6.91. The van der Waals surface area contributed by atoms with Gasteiger partial charge in [-0.25, -0.2) is 0 Å². The van der Waals surface area contributed by atoms with E-state index in [2.05, 4.69) is 56.5 Å². The lowest BCUT2D eigenvalue weighted by Gasteiger charge is -2.46. The molecule has 1 aliphatic rings. The maximum atomic E-state index is 6.05. The van der Waals surface area contributed by atoms with Crippen molar-refractivity contribution in [3.05, 3.63) is 34.9 Å². The number of nitrogens with zero attached hydrogens (tertiary/aromatic N) is 1. The molecule has 0 bridgehead atoms. The first-order valence-corrected chi connectivity index (χ1v) is 8.22. The molecule has 1 aromatic carbocycles. The largest absolute Gasteiger partial charge is 0.302 e. The van der Waals surface area contributed by atoms with E-state index in [1.165, 1.54) is 55.2 Å². The maximum Gasteiger partial charge on any atom is 0.0646 e. The van der Waals surface area contributed by atoms with Crippen molar-refractivity contribution in [3.8, 4) is 0 Å². The molecule has 0 amide bonds. The predicted octanol–water partition coefficient (Wildman–Crippen LogP) is 3.46. The number of hydrogen-bond donors (Lipinski definition) is 2. The molecule has 0 spiro atoms. The van der Waals surface area contributed by atoms with Crippen LogP contribution in [0.25, 0.3) is 0 Å². The Morgan fingerprint density at radius 1 is 1.10 bits per heavy atom. The van der Waals surface area contributed by atoms with Crippen LogP contribution in [0.1, 0.15) is 61.3 Å². The number of benzene rings is 1. The average molecular weight is 289 g/mol. The lowest BCUT2D eigenvalue weighted by molar-refractivity contribution is 0.0797. The van der Waals surface area contributed by atoms with Gasteiger partial charge < -0.3 is 4.90 Å². The highest BCUT2D eigenvalue weighted by Gasteiger charge is 2.41. The van der Waals surface area contributed by atoms with E-state index in [0.29, 0.717) is 0 Å². The van der Waals surface area contributed by atoms with Crippen molar-refractivity contribution < 1.29 is 0 Å². The van der Waals surface area contributed by atoms with E-state index in [1.807, 2.05) is 0 Å². The highest BCUT2D eigenvalue weighted by atomic mass is 15.3. The Morgan fingerprint density at radius 3 is 2.24 bits per heavy atom. The van der Waals surface area contributed by atoms with Gasteiger partial charge in [-0.3, -0.25) is 11.3 Å². The number of hydrazine groups is 1. The molecular formula is C18H31N3. The van der Waals surface area contributed by atoms with Gasteiger partial charge in [0.2, 0.25) is 0 Å². The Labute approximate surface area is 129 Å². The quantitative estimate of drug-likeness (QED) is 0.507. The highest BCUT2D eigenvalue weighted by molar-refractivity contribution is 5.37. The van der Waals surface area contributed by atoms with Gasteiger partial charge in [0.25, 0.3) is 0 Å². The van der Waals surface area contributed by atoms with Gasteiger partial charge in [-0.2, -0.15) is 0 Å². The van der Waals surface area contributed by atoms with Crippen molar-refractivity contribution in [2.45, 2.75) is 64.0 Å². The van der Waals surface area contributed by atoms with Crippen LogP contribution in [-0.2, 0) is 0 Å². The zero-order chi connectivity index (χ0) is 15.5. The van der Waals surface area contributed by atoms with Crippen LogP contribution in [0.4, 0.5) is 0 Å². The molecule has 1 aromatic rings. The van der Waals surface area contributed by atoms with Crippen LogP contribution in [0.2, 0.25) is 0 Å². The zero-order valence-electron chi connectivity index (χ0n) is 14.1. The Hall–Kier alpha value is -0.900. The SMILES string of the molecule is Cc1cccc(C(NN)C2(N(C)C)CCCCCC2)c1C. The fraction of sp³-hybridized carbons (Fsp3) is 0.667. The molecule has 1 atom stereocenters. The third-order valence-electron chi connectivity index (χ3n) is 5.52. The van der Waals surface area contributed by atoms with Crippen molar-refractivity contribution >= 4 is 0 Å². The summed E-state index contributed by atoms with van der Waals surface area (Å²) in [5, 5.41) is 0. The van der Waals surface area contributed by atoms with Gasteiger partial charge in [0.05, 0.1) is 6.04 Å². The molecule has 1 fully saturated rings. The number of rotatable bonds is 4. The molecule has 0 saturated heterocycles. The minimum Gasteiger partial charge on any atom is -0.302 e. The monoisotopic (exact) mass is 289 g/mol. The summed E-state index contributed by atoms with van der Waals surface area (Å²) in [6.45, 7) is 4.40. The summed E-state index contributed by atoms with van der Waals surface area (Å²) in [7, 11) is 4.42. The number of likely N-dealkylation sites (N-methyl/N-ethyl adjacent to an activating group) is 1. The molecular weight excluding hydrogens is 258 g/mol. The predicted molar refractivity (Wildman–Crippen MR) is 90.1 cm³/mol. The topological polar surface area (TPSA) is 41.3 Å². The summed E-state index contributed by atoms with van der Waals surface area (Å²) in [5.74, 6) is 6.05. The fourth-order valence-electron chi connectivity index (χ4n) is 3.96. The van der Waals surface area contributed by atoms with Gasteiger partial charge in [-0.05, 0) is 57.5 Å². The third kappa shape index (κ3) is 3.15. The van der Waals surface area contributed by atoms with E-state index in [-0.39, 0.29) is 11.6 Å². The molecule has 3 heteroatoms. The summed E-state index contributed by atoms with van der Waals surface area (Å²) < 4.78 is 0. The number of aryl methyl sites for hydroxylation is 1. The van der Waals surface area contributed by atoms with E-state index >= 15 is 0 Å². The molecule has 0 aliphatic heterocycles.